The summed E-state index contributed by atoms with van der Waals surface area (Å²) < 4.78 is 5.20. The van der Waals surface area contributed by atoms with Crippen molar-refractivity contribution in [3.63, 3.8) is 0 Å². The molecule has 1 rings (SSSR count). The molecule has 0 radical (unpaired) electrons. The van der Waals surface area contributed by atoms with Crippen LogP contribution in [0.15, 0.2) is 11.6 Å². The standard InChI is InChI=1S/C10H16O3/c1-2-9(10(11)12)7-8-3-5-13-6-4-8/h7-8H,2-6H2,1H3,(H,11,12)/b9-7+. The van der Waals surface area contributed by atoms with E-state index in [0.29, 0.717) is 17.9 Å². The lowest BCUT2D eigenvalue weighted by atomic mass is 9.96. The number of hydrogen-bond donors (Lipinski definition) is 1. The zero-order valence-electron chi connectivity index (χ0n) is 7.95. The van der Waals surface area contributed by atoms with Gasteiger partial charge in [-0.1, -0.05) is 13.0 Å². The highest BCUT2D eigenvalue weighted by Crippen LogP contribution is 2.18. The molecule has 1 aliphatic heterocycles. The first-order chi connectivity index (χ1) is 6.24. The smallest absolute Gasteiger partial charge is 0.331 e. The second-order valence-corrected chi connectivity index (χ2v) is 3.30. The third-order valence-electron chi connectivity index (χ3n) is 2.36. The minimum atomic E-state index is -0.783. The molecule has 1 heterocycles. The second kappa shape index (κ2) is 5.02. The SMILES string of the molecule is CC/C(=C\C1CCOCC1)C(=O)O. The van der Waals surface area contributed by atoms with Crippen molar-refractivity contribution in [2.24, 2.45) is 5.92 Å². The molecule has 3 heteroatoms. The number of aliphatic carboxylic acids is 1. The van der Waals surface area contributed by atoms with E-state index in [-0.39, 0.29) is 0 Å². The van der Waals surface area contributed by atoms with Crippen LogP contribution in [0.1, 0.15) is 26.2 Å². The van der Waals surface area contributed by atoms with E-state index < -0.39 is 5.97 Å². The normalized spacial score (nSPS) is 20.2. The molecule has 0 aromatic heterocycles. The van der Waals surface area contributed by atoms with E-state index in [4.69, 9.17) is 9.84 Å². The van der Waals surface area contributed by atoms with Gasteiger partial charge in [0.2, 0.25) is 0 Å². The largest absolute Gasteiger partial charge is 0.478 e. The Bertz CT molecular complexity index is 202. The first kappa shape index (κ1) is 10.3. The molecule has 0 bridgehead atoms. The number of carbonyl (C=O) groups is 1. The van der Waals surface area contributed by atoms with Gasteiger partial charge < -0.3 is 9.84 Å². The molecule has 0 saturated carbocycles. The second-order valence-electron chi connectivity index (χ2n) is 3.30. The molecule has 1 saturated heterocycles. The van der Waals surface area contributed by atoms with Crippen LogP contribution in [-0.2, 0) is 9.53 Å². The summed E-state index contributed by atoms with van der Waals surface area (Å²) in [6.07, 6.45) is 4.41. The Morgan fingerprint density at radius 2 is 2.15 bits per heavy atom. The summed E-state index contributed by atoms with van der Waals surface area (Å²) >= 11 is 0. The van der Waals surface area contributed by atoms with E-state index in [9.17, 15) is 4.79 Å². The van der Waals surface area contributed by atoms with Gasteiger partial charge in [0, 0.05) is 18.8 Å². The minimum Gasteiger partial charge on any atom is -0.478 e. The Kier molecular flexibility index (Phi) is 3.96. The van der Waals surface area contributed by atoms with Gasteiger partial charge in [-0.2, -0.15) is 0 Å². The van der Waals surface area contributed by atoms with Gasteiger partial charge in [-0.15, -0.1) is 0 Å². The maximum absolute atomic E-state index is 10.7. The van der Waals surface area contributed by atoms with Crippen molar-refractivity contribution >= 4 is 5.97 Å². The maximum atomic E-state index is 10.7. The van der Waals surface area contributed by atoms with Gasteiger partial charge in [0.25, 0.3) is 0 Å². The van der Waals surface area contributed by atoms with Crippen molar-refractivity contribution in [1.82, 2.24) is 0 Å². The summed E-state index contributed by atoms with van der Waals surface area (Å²) in [4.78, 5) is 10.7. The lowest BCUT2D eigenvalue weighted by Gasteiger charge is -2.19. The molecule has 1 N–H and O–H groups in total. The Hall–Kier alpha value is -0.830. The quantitative estimate of drug-likeness (QED) is 0.681. The molecule has 0 aliphatic carbocycles. The molecule has 0 aromatic carbocycles. The zero-order valence-corrected chi connectivity index (χ0v) is 7.95. The van der Waals surface area contributed by atoms with Crippen LogP contribution in [0.3, 0.4) is 0 Å². The summed E-state index contributed by atoms with van der Waals surface area (Å²) in [5.74, 6) is -0.381. The first-order valence-corrected chi connectivity index (χ1v) is 4.75. The molecule has 0 unspecified atom stereocenters. The van der Waals surface area contributed by atoms with Crippen LogP contribution in [0, 0.1) is 5.92 Å². The van der Waals surface area contributed by atoms with Crippen LogP contribution in [0.25, 0.3) is 0 Å². The summed E-state index contributed by atoms with van der Waals surface area (Å²) in [6.45, 7) is 3.40. The van der Waals surface area contributed by atoms with E-state index in [1.165, 1.54) is 0 Å². The minimum absolute atomic E-state index is 0.403. The third kappa shape index (κ3) is 3.19. The molecule has 1 aliphatic rings. The fourth-order valence-corrected chi connectivity index (χ4v) is 1.51. The lowest BCUT2D eigenvalue weighted by molar-refractivity contribution is -0.132. The summed E-state index contributed by atoms with van der Waals surface area (Å²) in [5, 5.41) is 8.80. The van der Waals surface area contributed by atoms with E-state index in [1.54, 1.807) is 0 Å². The molecular formula is C10H16O3. The molecular weight excluding hydrogens is 168 g/mol. The molecule has 0 aromatic rings. The van der Waals surface area contributed by atoms with Gasteiger partial charge in [-0.25, -0.2) is 4.79 Å². The van der Waals surface area contributed by atoms with Gasteiger partial charge >= 0.3 is 5.97 Å². The van der Waals surface area contributed by atoms with E-state index in [0.717, 1.165) is 26.1 Å². The van der Waals surface area contributed by atoms with Crippen molar-refractivity contribution in [3.8, 4) is 0 Å². The molecule has 0 atom stereocenters. The molecule has 13 heavy (non-hydrogen) atoms. The molecule has 1 fully saturated rings. The number of carboxylic acids is 1. The number of allylic oxidation sites excluding steroid dienone is 1. The highest BCUT2D eigenvalue weighted by molar-refractivity contribution is 5.86. The van der Waals surface area contributed by atoms with Crippen molar-refractivity contribution < 1.29 is 14.6 Å². The fourth-order valence-electron chi connectivity index (χ4n) is 1.51. The van der Waals surface area contributed by atoms with Gasteiger partial charge in [-0.05, 0) is 25.2 Å². The van der Waals surface area contributed by atoms with E-state index in [2.05, 4.69) is 0 Å². The molecule has 0 amide bonds. The van der Waals surface area contributed by atoms with Gasteiger partial charge in [0.1, 0.15) is 0 Å². The van der Waals surface area contributed by atoms with E-state index in [1.807, 2.05) is 13.0 Å². The van der Waals surface area contributed by atoms with Crippen LogP contribution < -0.4 is 0 Å². The van der Waals surface area contributed by atoms with Crippen LogP contribution in [0.2, 0.25) is 0 Å². The highest BCUT2D eigenvalue weighted by atomic mass is 16.5. The molecule has 0 spiro atoms. The summed E-state index contributed by atoms with van der Waals surface area (Å²) in [5.41, 5.74) is 0.534. The highest BCUT2D eigenvalue weighted by Gasteiger charge is 2.14. The predicted octanol–water partition coefficient (Wildman–Crippen LogP) is 1.83. The summed E-state index contributed by atoms with van der Waals surface area (Å²) in [7, 11) is 0. The summed E-state index contributed by atoms with van der Waals surface area (Å²) in [6, 6.07) is 0. The van der Waals surface area contributed by atoms with Crippen molar-refractivity contribution in [1.29, 1.82) is 0 Å². The lowest BCUT2D eigenvalue weighted by Crippen LogP contribution is -2.15. The molecule has 74 valence electrons. The van der Waals surface area contributed by atoms with Crippen LogP contribution in [-0.4, -0.2) is 24.3 Å². The van der Waals surface area contributed by atoms with Crippen LogP contribution >= 0.6 is 0 Å². The Balaban J connectivity index is 2.54. The van der Waals surface area contributed by atoms with Gasteiger partial charge in [0.15, 0.2) is 0 Å². The first-order valence-electron chi connectivity index (χ1n) is 4.75. The topological polar surface area (TPSA) is 46.5 Å². The van der Waals surface area contributed by atoms with Crippen LogP contribution in [0.4, 0.5) is 0 Å². The van der Waals surface area contributed by atoms with Crippen molar-refractivity contribution in [3.05, 3.63) is 11.6 Å². The predicted molar refractivity (Wildman–Crippen MR) is 49.6 cm³/mol. The van der Waals surface area contributed by atoms with Gasteiger partial charge in [-0.3, -0.25) is 0 Å². The zero-order chi connectivity index (χ0) is 9.68. The Morgan fingerprint density at radius 3 is 2.62 bits per heavy atom. The average molecular weight is 184 g/mol. The number of hydrogen-bond acceptors (Lipinski definition) is 2. The Morgan fingerprint density at radius 1 is 1.54 bits per heavy atom. The van der Waals surface area contributed by atoms with Crippen molar-refractivity contribution in [2.45, 2.75) is 26.2 Å². The average Bonchev–Trinajstić information content (AvgIpc) is 2.15. The van der Waals surface area contributed by atoms with Crippen molar-refractivity contribution in [2.75, 3.05) is 13.2 Å². The maximum Gasteiger partial charge on any atom is 0.331 e. The van der Waals surface area contributed by atoms with Crippen LogP contribution in [0.5, 0.6) is 0 Å². The Labute approximate surface area is 78.4 Å². The fraction of sp³-hybridized carbons (Fsp3) is 0.700. The number of carboxylic acid groups (broad SMARTS) is 1. The third-order valence-corrected chi connectivity index (χ3v) is 2.36. The van der Waals surface area contributed by atoms with Gasteiger partial charge in [0.05, 0.1) is 0 Å². The number of rotatable bonds is 3. The number of ether oxygens (including phenoxy) is 1. The van der Waals surface area contributed by atoms with E-state index >= 15 is 0 Å². The monoisotopic (exact) mass is 184 g/mol. The molecule has 3 nitrogen and oxygen atoms in total.